The molecule has 3 rings (SSSR count). The first kappa shape index (κ1) is 22.7. The predicted molar refractivity (Wildman–Crippen MR) is 119 cm³/mol. The fourth-order valence-corrected chi connectivity index (χ4v) is 3.55. The minimum atomic E-state index is -3.81. The van der Waals surface area contributed by atoms with Gasteiger partial charge in [0.2, 0.25) is 0 Å². The van der Waals surface area contributed by atoms with Crippen LogP contribution in [0.3, 0.4) is 0 Å². The van der Waals surface area contributed by atoms with Crippen LogP contribution < -0.4 is 19.0 Å². The van der Waals surface area contributed by atoms with Gasteiger partial charge < -0.3 is 14.2 Å². The second-order valence-corrected chi connectivity index (χ2v) is 8.19. The highest BCUT2D eigenvalue weighted by Gasteiger charge is 2.12. The Labute approximate surface area is 186 Å². The van der Waals surface area contributed by atoms with Gasteiger partial charge in [-0.15, -0.1) is 0 Å². The van der Waals surface area contributed by atoms with E-state index in [1.807, 2.05) is 0 Å². The van der Waals surface area contributed by atoms with Crippen molar-refractivity contribution in [2.45, 2.75) is 11.5 Å². The van der Waals surface area contributed by atoms with Gasteiger partial charge in [-0.25, -0.2) is 4.83 Å². The first-order valence-corrected chi connectivity index (χ1v) is 10.9. The lowest BCUT2D eigenvalue weighted by Crippen LogP contribution is -2.18. The van der Waals surface area contributed by atoms with E-state index < -0.39 is 10.0 Å². The molecule has 0 saturated heterocycles. The van der Waals surface area contributed by atoms with Crippen molar-refractivity contribution in [1.82, 2.24) is 4.83 Å². The molecule has 3 aromatic carbocycles. The van der Waals surface area contributed by atoms with Gasteiger partial charge in [0.1, 0.15) is 23.9 Å². The number of rotatable bonds is 9. The van der Waals surface area contributed by atoms with Crippen LogP contribution >= 0.6 is 0 Å². The number of nitrogens with one attached hydrogen (secondary N) is 1. The fraction of sp³-hybridized carbons (Fsp3) is 0.130. The summed E-state index contributed by atoms with van der Waals surface area (Å²) < 4.78 is 40.9. The van der Waals surface area contributed by atoms with Crippen molar-refractivity contribution in [2.75, 3.05) is 14.2 Å². The van der Waals surface area contributed by atoms with E-state index in [2.05, 4.69) is 16.0 Å². The second-order valence-electron chi connectivity index (χ2n) is 6.52. The van der Waals surface area contributed by atoms with Crippen LogP contribution in [0.15, 0.2) is 76.7 Å². The Kier molecular flexibility index (Phi) is 7.31. The van der Waals surface area contributed by atoms with Crippen molar-refractivity contribution in [3.8, 4) is 23.3 Å². The maximum atomic E-state index is 12.4. The van der Waals surface area contributed by atoms with Gasteiger partial charge in [0, 0.05) is 5.56 Å². The molecule has 0 aliphatic heterocycles. The molecule has 0 unspecified atom stereocenters. The third kappa shape index (κ3) is 5.77. The van der Waals surface area contributed by atoms with Gasteiger partial charge >= 0.3 is 0 Å². The van der Waals surface area contributed by atoms with E-state index in [1.165, 1.54) is 25.5 Å². The van der Waals surface area contributed by atoms with Gasteiger partial charge in [-0.3, -0.25) is 0 Å². The number of sulfonamides is 1. The second kappa shape index (κ2) is 10.3. The van der Waals surface area contributed by atoms with Crippen LogP contribution in [-0.4, -0.2) is 28.9 Å². The van der Waals surface area contributed by atoms with Crippen LogP contribution in [0.4, 0.5) is 0 Å². The lowest BCUT2D eigenvalue weighted by Gasteiger charge is -2.11. The quantitative estimate of drug-likeness (QED) is 0.394. The number of benzene rings is 3. The van der Waals surface area contributed by atoms with Crippen molar-refractivity contribution < 1.29 is 22.6 Å². The molecule has 9 heteroatoms. The topological polar surface area (TPSA) is 110 Å². The molecule has 0 fully saturated rings. The Balaban J connectivity index is 1.69. The Bertz CT molecular complexity index is 1230. The molecule has 0 spiro atoms. The maximum absolute atomic E-state index is 12.4. The molecule has 0 bridgehead atoms. The molecule has 8 nitrogen and oxygen atoms in total. The Morgan fingerprint density at radius 3 is 2.28 bits per heavy atom. The number of methoxy groups -OCH3 is 2. The fourth-order valence-electron chi connectivity index (χ4n) is 2.76. The summed E-state index contributed by atoms with van der Waals surface area (Å²) in [7, 11) is -0.749. The van der Waals surface area contributed by atoms with Crippen LogP contribution in [0.2, 0.25) is 0 Å². The molecule has 0 aromatic heterocycles. The van der Waals surface area contributed by atoms with E-state index in [1.54, 1.807) is 61.7 Å². The number of ether oxygens (including phenoxy) is 3. The smallest absolute Gasteiger partial charge is 0.276 e. The summed E-state index contributed by atoms with van der Waals surface area (Å²) in [6, 6.07) is 20.1. The van der Waals surface area contributed by atoms with Crippen LogP contribution in [0.1, 0.15) is 16.7 Å². The predicted octanol–water partition coefficient (Wildman–Crippen LogP) is 3.47. The summed E-state index contributed by atoms with van der Waals surface area (Å²) in [5.41, 5.74) is 1.95. The van der Waals surface area contributed by atoms with E-state index in [4.69, 9.17) is 19.5 Å². The molecule has 1 N–H and O–H groups in total. The van der Waals surface area contributed by atoms with Crippen LogP contribution in [-0.2, 0) is 16.6 Å². The van der Waals surface area contributed by atoms with Gasteiger partial charge in [0.15, 0.2) is 0 Å². The van der Waals surface area contributed by atoms with Crippen molar-refractivity contribution in [3.05, 3.63) is 83.4 Å². The van der Waals surface area contributed by atoms with Gasteiger partial charge in [0.05, 0.1) is 37.0 Å². The molecule has 0 radical (unpaired) electrons. The molecule has 164 valence electrons. The third-order valence-electron chi connectivity index (χ3n) is 4.44. The van der Waals surface area contributed by atoms with Gasteiger partial charge in [-0.05, 0) is 72.3 Å². The molecular formula is C23H21N3O5S. The first-order valence-electron chi connectivity index (χ1n) is 9.44. The summed E-state index contributed by atoms with van der Waals surface area (Å²) in [4.78, 5) is 2.26. The SMILES string of the molecule is COc1ccc(S(=O)(=O)NN=Cc2ccc(OC)c(COc3ccc(C#N)cc3)c2)cc1. The van der Waals surface area contributed by atoms with Crippen LogP contribution in [0, 0.1) is 11.3 Å². The summed E-state index contributed by atoms with van der Waals surface area (Å²) in [6.07, 6.45) is 1.39. The summed E-state index contributed by atoms with van der Waals surface area (Å²) in [5, 5.41) is 12.7. The monoisotopic (exact) mass is 451 g/mol. The lowest BCUT2D eigenvalue weighted by molar-refractivity contribution is 0.296. The van der Waals surface area contributed by atoms with Crippen molar-refractivity contribution in [3.63, 3.8) is 0 Å². The zero-order valence-electron chi connectivity index (χ0n) is 17.5. The minimum Gasteiger partial charge on any atom is -0.497 e. The van der Waals surface area contributed by atoms with Gasteiger partial charge in [-0.1, -0.05) is 0 Å². The molecule has 0 saturated carbocycles. The van der Waals surface area contributed by atoms with E-state index >= 15 is 0 Å². The van der Waals surface area contributed by atoms with E-state index in [0.717, 1.165) is 5.56 Å². The average molecular weight is 452 g/mol. The molecule has 32 heavy (non-hydrogen) atoms. The number of hydrogen-bond donors (Lipinski definition) is 1. The first-order chi connectivity index (χ1) is 15.4. The number of hydrogen-bond acceptors (Lipinski definition) is 7. The zero-order valence-corrected chi connectivity index (χ0v) is 18.3. The number of nitriles is 1. The molecular weight excluding hydrogens is 430 g/mol. The molecule has 0 heterocycles. The number of nitrogens with zero attached hydrogens (tertiary/aromatic N) is 2. The third-order valence-corrected chi connectivity index (χ3v) is 5.68. The molecule has 0 atom stereocenters. The Morgan fingerprint density at radius 2 is 1.66 bits per heavy atom. The maximum Gasteiger partial charge on any atom is 0.276 e. The molecule has 0 aliphatic carbocycles. The van der Waals surface area contributed by atoms with Crippen LogP contribution in [0.5, 0.6) is 17.2 Å². The molecule has 3 aromatic rings. The Morgan fingerprint density at radius 1 is 0.969 bits per heavy atom. The van der Waals surface area contributed by atoms with Gasteiger partial charge in [-0.2, -0.15) is 18.8 Å². The Hall–Kier alpha value is -4.03. The largest absolute Gasteiger partial charge is 0.497 e. The summed E-state index contributed by atoms with van der Waals surface area (Å²) in [6.45, 7) is 0.217. The molecule has 0 amide bonds. The normalized spacial score (nSPS) is 11.0. The van der Waals surface area contributed by atoms with E-state index in [9.17, 15) is 8.42 Å². The highest BCUT2D eigenvalue weighted by molar-refractivity contribution is 7.89. The van der Waals surface area contributed by atoms with E-state index in [-0.39, 0.29) is 11.5 Å². The highest BCUT2D eigenvalue weighted by atomic mass is 32.2. The zero-order chi connectivity index (χ0) is 23.0. The van der Waals surface area contributed by atoms with Crippen molar-refractivity contribution >= 4 is 16.2 Å². The summed E-state index contributed by atoms with van der Waals surface area (Å²) >= 11 is 0. The van der Waals surface area contributed by atoms with Crippen molar-refractivity contribution in [1.29, 1.82) is 5.26 Å². The molecule has 0 aliphatic rings. The van der Waals surface area contributed by atoms with Crippen molar-refractivity contribution in [2.24, 2.45) is 5.10 Å². The lowest BCUT2D eigenvalue weighted by atomic mass is 10.1. The highest BCUT2D eigenvalue weighted by Crippen LogP contribution is 2.22. The van der Waals surface area contributed by atoms with Gasteiger partial charge in [0.25, 0.3) is 10.0 Å². The van der Waals surface area contributed by atoms with E-state index in [0.29, 0.717) is 28.4 Å². The standard InChI is InChI=1S/C23H21N3O5S/c1-29-20-8-10-22(11-9-20)32(27,28)26-25-15-18-5-12-23(30-2)19(13-18)16-31-21-6-3-17(14-24)4-7-21/h3-13,15,26H,16H2,1-2H3. The minimum absolute atomic E-state index is 0.0710. The average Bonchev–Trinajstić information content (AvgIpc) is 2.83. The number of hydrazone groups is 1. The summed E-state index contributed by atoms with van der Waals surface area (Å²) in [5.74, 6) is 1.79. The van der Waals surface area contributed by atoms with Crippen LogP contribution in [0.25, 0.3) is 0 Å².